The van der Waals surface area contributed by atoms with Crippen molar-refractivity contribution in [2.75, 3.05) is 17.6 Å². The molecule has 0 aromatic carbocycles. The average molecular weight is 240 g/mol. The van der Waals surface area contributed by atoms with Gasteiger partial charge in [0.05, 0.1) is 6.54 Å². The Labute approximate surface area is 96.7 Å². The van der Waals surface area contributed by atoms with Crippen LogP contribution >= 0.6 is 11.6 Å². The van der Waals surface area contributed by atoms with E-state index in [-0.39, 0.29) is 11.2 Å². The van der Waals surface area contributed by atoms with Crippen LogP contribution in [-0.4, -0.2) is 31.3 Å². The second-order valence-electron chi connectivity index (χ2n) is 2.98. The summed E-state index contributed by atoms with van der Waals surface area (Å²) < 4.78 is 1.79. The van der Waals surface area contributed by atoms with Crippen LogP contribution in [0.1, 0.15) is 0 Å². The number of halogens is 1. The van der Waals surface area contributed by atoms with E-state index in [1.54, 1.807) is 10.9 Å². The van der Waals surface area contributed by atoms with Gasteiger partial charge in [0, 0.05) is 18.9 Å². The summed E-state index contributed by atoms with van der Waals surface area (Å²) in [5, 5.41) is 7.11. The predicted molar refractivity (Wildman–Crippen MR) is 60.0 cm³/mol. The number of nitrogens with two attached hydrogens (primary N) is 1. The van der Waals surface area contributed by atoms with E-state index in [1.807, 2.05) is 12.3 Å². The van der Waals surface area contributed by atoms with Gasteiger partial charge in [-0.2, -0.15) is 20.1 Å². The van der Waals surface area contributed by atoms with Crippen LogP contribution in [0.2, 0.25) is 5.28 Å². The molecule has 84 valence electrons. The zero-order valence-electron chi connectivity index (χ0n) is 8.34. The topological polar surface area (TPSA) is 94.5 Å². The monoisotopic (exact) mass is 239 g/mol. The summed E-state index contributed by atoms with van der Waals surface area (Å²) in [5.41, 5.74) is 5.42. The molecule has 0 saturated heterocycles. The van der Waals surface area contributed by atoms with E-state index in [4.69, 9.17) is 17.3 Å². The SMILES string of the molecule is Nc1nc(Cl)nc(NCCn2cccn2)n1. The maximum Gasteiger partial charge on any atom is 0.228 e. The molecule has 2 rings (SSSR count). The van der Waals surface area contributed by atoms with Crippen LogP contribution in [0.15, 0.2) is 18.5 Å². The van der Waals surface area contributed by atoms with Gasteiger partial charge in [0.1, 0.15) is 0 Å². The van der Waals surface area contributed by atoms with Crippen LogP contribution in [0.4, 0.5) is 11.9 Å². The number of aromatic nitrogens is 5. The van der Waals surface area contributed by atoms with Crippen molar-refractivity contribution in [2.45, 2.75) is 6.54 Å². The Kier molecular flexibility index (Phi) is 3.16. The average Bonchev–Trinajstić information content (AvgIpc) is 2.69. The number of nitrogens with one attached hydrogen (secondary N) is 1. The Bertz CT molecular complexity index is 435. The molecule has 0 aliphatic rings. The van der Waals surface area contributed by atoms with Crippen LogP contribution < -0.4 is 11.1 Å². The quantitative estimate of drug-likeness (QED) is 0.803. The normalized spacial score (nSPS) is 10.3. The van der Waals surface area contributed by atoms with Gasteiger partial charge in [-0.1, -0.05) is 0 Å². The molecule has 0 amide bonds. The molecular weight excluding hydrogens is 230 g/mol. The van der Waals surface area contributed by atoms with E-state index >= 15 is 0 Å². The summed E-state index contributed by atoms with van der Waals surface area (Å²) in [6, 6.07) is 1.86. The van der Waals surface area contributed by atoms with Crippen molar-refractivity contribution in [3.8, 4) is 0 Å². The molecule has 0 fully saturated rings. The number of hydrogen-bond acceptors (Lipinski definition) is 6. The minimum absolute atomic E-state index is 0.0779. The van der Waals surface area contributed by atoms with Crippen molar-refractivity contribution < 1.29 is 0 Å². The molecule has 2 heterocycles. The van der Waals surface area contributed by atoms with Gasteiger partial charge in [0.25, 0.3) is 0 Å². The third-order valence-corrected chi connectivity index (χ3v) is 1.98. The second-order valence-corrected chi connectivity index (χ2v) is 3.32. The molecule has 0 aliphatic carbocycles. The summed E-state index contributed by atoms with van der Waals surface area (Å²) in [7, 11) is 0. The molecule has 16 heavy (non-hydrogen) atoms. The van der Waals surface area contributed by atoms with Crippen molar-refractivity contribution in [3.63, 3.8) is 0 Å². The molecule has 0 spiro atoms. The molecule has 0 saturated carbocycles. The molecule has 0 unspecified atom stereocenters. The van der Waals surface area contributed by atoms with Crippen molar-refractivity contribution in [3.05, 3.63) is 23.7 Å². The molecule has 3 N–H and O–H groups in total. The molecule has 0 radical (unpaired) electrons. The van der Waals surface area contributed by atoms with E-state index in [9.17, 15) is 0 Å². The summed E-state index contributed by atoms with van der Waals surface area (Å²) in [5.74, 6) is 0.464. The highest BCUT2D eigenvalue weighted by molar-refractivity contribution is 6.28. The zero-order chi connectivity index (χ0) is 11.4. The summed E-state index contributed by atoms with van der Waals surface area (Å²) in [6.07, 6.45) is 3.59. The lowest BCUT2D eigenvalue weighted by atomic mass is 10.6. The van der Waals surface area contributed by atoms with E-state index < -0.39 is 0 Å². The fourth-order valence-corrected chi connectivity index (χ4v) is 1.33. The van der Waals surface area contributed by atoms with Gasteiger partial charge in [-0.3, -0.25) is 4.68 Å². The molecule has 0 atom stereocenters. The fraction of sp³-hybridized carbons (Fsp3) is 0.250. The van der Waals surface area contributed by atoms with Crippen molar-refractivity contribution in [1.82, 2.24) is 24.7 Å². The summed E-state index contributed by atoms with van der Waals surface area (Å²) >= 11 is 5.63. The predicted octanol–water partition coefficient (Wildman–Crippen LogP) is 0.416. The lowest BCUT2D eigenvalue weighted by Crippen LogP contribution is -2.13. The molecule has 0 aliphatic heterocycles. The molecular formula is C8H10ClN7. The minimum atomic E-state index is 0.0779. The largest absolute Gasteiger partial charge is 0.368 e. The first-order valence-corrected chi connectivity index (χ1v) is 5.00. The number of hydrogen-bond donors (Lipinski definition) is 2. The zero-order valence-corrected chi connectivity index (χ0v) is 9.09. The highest BCUT2D eigenvalue weighted by atomic mass is 35.5. The smallest absolute Gasteiger partial charge is 0.228 e. The van der Waals surface area contributed by atoms with Crippen LogP contribution in [0.5, 0.6) is 0 Å². The van der Waals surface area contributed by atoms with Crippen LogP contribution in [0.25, 0.3) is 0 Å². The Morgan fingerprint density at radius 1 is 1.38 bits per heavy atom. The van der Waals surface area contributed by atoms with E-state index in [0.29, 0.717) is 19.0 Å². The van der Waals surface area contributed by atoms with Crippen molar-refractivity contribution in [2.24, 2.45) is 0 Å². The van der Waals surface area contributed by atoms with Gasteiger partial charge in [-0.05, 0) is 17.7 Å². The van der Waals surface area contributed by atoms with E-state index in [2.05, 4.69) is 25.4 Å². The highest BCUT2D eigenvalue weighted by Gasteiger charge is 2.01. The lowest BCUT2D eigenvalue weighted by Gasteiger charge is -2.05. The standard InChI is InChI=1S/C8H10ClN7/c9-6-13-7(10)15-8(14-6)11-3-5-16-4-1-2-12-16/h1-2,4H,3,5H2,(H3,10,11,13,14,15). The van der Waals surface area contributed by atoms with Crippen LogP contribution in [0.3, 0.4) is 0 Å². The van der Waals surface area contributed by atoms with E-state index in [0.717, 1.165) is 0 Å². The lowest BCUT2D eigenvalue weighted by molar-refractivity contribution is 0.636. The Morgan fingerprint density at radius 3 is 2.94 bits per heavy atom. The Hall–Kier alpha value is -1.89. The first kappa shape index (κ1) is 10.6. The summed E-state index contributed by atoms with van der Waals surface area (Å²) in [6.45, 7) is 1.33. The number of nitrogens with zero attached hydrogens (tertiary/aromatic N) is 5. The first-order valence-electron chi connectivity index (χ1n) is 4.62. The van der Waals surface area contributed by atoms with Gasteiger partial charge in [0.2, 0.25) is 17.2 Å². The van der Waals surface area contributed by atoms with Crippen molar-refractivity contribution in [1.29, 1.82) is 0 Å². The second kappa shape index (κ2) is 4.75. The maximum absolute atomic E-state index is 5.63. The van der Waals surface area contributed by atoms with Crippen LogP contribution in [0, 0.1) is 0 Å². The number of nitrogen functional groups attached to an aromatic ring is 1. The van der Waals surface area contributed by atoms with Gasteiger partial charge in [-0.25, -0.2) is 0 Å². The molecule has 2 aromatic heterocycles. The number of anilines is 2. The molecule has 8 heteroatoms. The third-order valence-electron chi connectivity index (χ3n) is 1.81. The van der Waals surface area contributed by atoms with Crippen LogP contribution in [-0.2, 0) is 6.54 Å². The van der Waals surface area contributed by atoms with Gasteiger partial charge >= 0.3 is 0 Å². The molecule has 0 bridgehead atoms. The Morgan fingerprint density at radius 2 is 2.25 bits per heavy atom. The highest BCUT2D eigenvalue weighted by Crippen LogP contribution is 2.06. The summed E-state index contributed by atoms with van der Waals surface area (Å²) in [4.78, 5) is 11.4. The molecule has 2 aromatic rings. The van der Waals surface area contributed by atoms with Crippen molar-refractivity contribution >= 4 is 23.5 Å². The Balaban J connectivity index is 1.89. The molecule has 7 nitrogen and oxygen atoms in total. The number of rotatable bonds is 4. The fourth-order valence-electron chi connectivity index (χ4n) is 1.16. The minimum Gasteiger partial charge on any atom is -0.368 e. The van der Waals surface area contributed by atoms with Gasteiger partial charge in [0.15, 0.2) is 0 Å². The first-order chi connectivity index (χ1) is 7.74. The third kappa shape index (κ3) is 2.80. The van der Waals surface area contributed by atoms with E-state index in [1.165, 1.54) is 0 Å². The van der Waals surface area contributed by atoms with Gasteiger partial charge in [-0.15, -0.1) is 0 Å². The van der Waals surface area contributed by atoms with Gasteiger partial charge < -0.3 is 11.1 Å². The maximum atomic E-state index is 5.63.